The summed E-state index contributed by atoms with van der Waals surface area (Å²) in [4.78, 5) is 0. The number of rotatable bonds is 7. The van der Waals surface area contributed by atoms with Gasteiger partial charge in [-0.3, -0.25) is 4.72 Å². The van der Waals surface area contributed by atoms with Gasteiger partial charge in [-0.15, -0.1) is 0 Å². The van der Waals surface area contributed by atoms with E-state index in [4.69, 9.17) is 4.74 Å². The Balaban J connectivity index is 1.90. The number of methoxy groups -OCH3 is 1. The SMILES string of the molecule is CCS(=O)(=O)Nc1ccc(C2=NN(S(C)(=O)=O)C(c3cccc(OC)c3)C2)cc1. The molecular weight excluding hydrogens is 414 g/mol. The van der Waals surface area contributed by atoms with Crippen LogP contribution in [0.25, 0.3) is 0 Å². The van der Waals surface area contributed by atoms with Crippen molar-refractivity contribution in [2.45, 2.75) is 19.4 Å². The van der Waals surface area contributed by atoms with Crippen LogP contribution in [0.2, 0.25) is 0 Å². The Hall–Kier alpha value is -2.59. The van der Waals surface area contributed by atoms with Crippen LogP contribution in [0.4, 0.5) is 5.69 Å². The number of ether oxygens (including phenoxy) is 1. The van der Waals surface area contributed by atoms with Gasteiger partial charge in [0.25, 0.3) is 0 Å². The average molecular weight is 438 g/mol. The minimum absolute atomic E-state index is 0.0208. The van der Waals surface area contributed by atoms with E-state index in [1.807, 2.05) is 6.07 Å². The average Bonchev–Trinajstić information content (AvgIpc) is 3.14. The third kappa shape index (κ3) is 4.88. The molecular formula is C19H23N3O5S2. The van der Waals surface area contributed by atoms with Crippen molar-refractivity contribution < 1.29 is 21.6 Å². The predicted molar refractivity (Wildman–Crippen MR) is 113 cm³/mol. The Morgan fingerprint density at radius 1 is 1.14 bits per heavy atom. The maximum absolute atomic E-state index is 12.3. The van der Waals surface area contributed by atoms with Gasteiger partial charge in [0.05, 0.1) is 30.9 Å². The Labute approximate surface area is 171 Å². The summed E-state index contributed by atoms with van der Waals surface area (Å²) in [5.41, 5.74) is 2.55. The minimum Gasteiger partial charge on any atom is -0.497 e. The van der Waals surface area contributed by atoms with Crippen LogP contribution in [0.1, 0.15) is 30.5 Å². The van der Waals surface area contributed by atoms with E-state index in [1.165, 1.54) is 0 Å². The summed E-state index contributed by atoms with van der Waals surface area (Å²) in [6.45, 7) is 1.56. The minimum atomic E-state index is -3.58. The molecule has 0 aromatic heterocycles. The number of nitrogens with zero attached hydrogens (tertiary/aromatic N) is 2. The Kier molecular flexibility index (Phi) is 5.85. The molecule has 1 N–H and O–H groups in total. The van der Waals surface area contributed by atoms with Crippen molar-refractivity contribution >= 4 is 31.4 Å². The highest BCUT2D eigenvalue weighted by atomic mass is 32.2. The fourth-order valence-corrected chi connectivity index (χ4v) is 4.59. The number of hydrazone groups is 1. The van der Waals surface area contributed by atoms with E-state index >= 15 is 0 Å². The molecule has 0 saturated heterocycles. The maximum atomic E-state index is 12.3. The first-order valence-corrected chi connectivity index (χ1v) is 12.4. The van der Waals surface area contributed by atoms with Gasteiger partial charge in [-0.25, -0.2) is 16.8 Å². The summed E-state index contributed by atoms with van der Waals surface area (Å²) < 4.78 is 56.8. The molecule has 29 heavy (non-hydrogen) atoms. The van der Waals surface area contributed by atoms with Gasteiger partial charge in [0.15, 0.2) is 0 Å². The topological polar surface area (TPSA) is 105 Å². The molecule has 2 aromatic carbocycles. The molecule has 0 bridgehead atoms. The lowest BCUT2D eigenvalue weighted by Crippen LogP contribution is -2.25. The van der Waals surface area contributed by atoms with Crippen LogP contribution in [0.15, 0.2) is 53.6 Å². The third-order valence-electron chi connectivity index (χ3n) is 4.56. The van der Waals surface area contributed by atoms with Crippen molar-refractivity contribution in [3.8, 4) is 5.75 Å². The summed E-state index contributed by atoms with van der Waals surface area (Å²) in [5, 5.41) is 4.35. The zero-order valence-electron chi connectivity index (χ0n) is 16.4. The first-order valence-electron chi connectivity index (χ1n) is 8.94. The molecule has 0 amide bonds. The van der Waals surface area contributed by atoms with Gasteiger partial charge in [0.1, 0.15) is 5.75 Å². The molecule has 1 aliphatic heterocycles. The zero-order chi connectivity index (χ0) is 21.2. The summed E-state index contributed by atoms with van der Waals surface area (Å²) in [6, 6.07) is 13.5. The van der Waals surface area contributed by atoms with Crippen LogP contribution in [0.5, 0.6) is 5.75 Å². The molecule has 0 aliphatic carbocycles. The predicted octanol–water partition coefficient (Wildman–Crippen LogP) is 2.57. The van der Waals surface area contributed by atoms with Gasteiger partial charge in [-0.05, 0) is 42.3 Å². The van der Waals surface area contributed by atoms with Crippen molar-refractivity contribution in [3.05, 3.63) is 59.7 Å². The highest BCUT2D eigenvalue weighted by Crippen LogP contribution is 2.35. The smallest absolute Gasteiger partial charge is 0.247 e. The molecule has 1 aliphatic rings. The summed E-state index contributed by atoms with van der Waals surface area (Å²) in [5.74, 6) is 0.615. The van der Waals surface area contributed by atoms with Crippen LogP contribution in [0.3, 0.4) is 0 Å². The van der Waals surface area contributed by atoms with Crippen molar-refractivity contribution in [1.29, 1.82) is 0 Å². The number of hydrogen-bond donors (Lipinski definition) is 1. The van der Waals surface area contributed by atoms with Gasteiger partial charge >= 0.3 is 0 Å². The second kappa shape index (κ2) is 8.03. The molecule has 3 rings (SSSR count). The van der Waals surface area contributed by atoms with Crippen LogP contribution in [-0.4, -0.2) is 46.1 Å². The highest BCUT2D eigenvalue weighted by molar-refractivity contribution is 7.92. The van der Waals surface area contributed by atoms with E-state index < -0.39 is 26.1 Å². The second-order valence-electron chi connectivity index (χ2n) is 6.66. The van der Waals surface area contributed by atoms with Gasteiger partial charge in [0, 0.05) is 12.1 Å². The van der Waals surface area contributed by atoms with Crippen molar-refractivity contribution in [3.63, 3.8) is 0 Å². The lowest BCUT2D eigenvalue weighted by atomic mass is 9.99. The number of benzene rings is 2. The third-order valence-corrected chi connectivity index (χ3v) is 6.88. The Morgan fingerprint density at radius 2 is 1.83 bits per heavy atom. The van der Waals surface area contributed by atoms with Gasteiger partial charge < -0.3 is 4.74 Å². The van der Waals surface area contributed by atoms with E-state index in [0.29, 0.717) is 23.6 Å². The second-order valence-corrected chi connectivity index (χ2v) is 10.5. The van der Waals surface area contributed by atoms with Crippen molar-refractivity contribution in [1.82, 2.24) is 4.41 Å². The lowest BCUT2D eigenvalue weighted by molar-refractivity contribution is 0.371. The van der Waals surface area contributed by atoms with Gasteiger partial charge in [0.2, 0.25) is 20.0 Å². The summed E-state index contributed by atoms with van der Waals surface area (Å²) in [6.07, 6.45) is 1.51. The normalized spacial score (nSPS) is 17.1. The number of sulfonamides is 2. The molecule has 0 saturated carbocycles. The van der Waals surface area contributed by atoms with Crippen LogP contribution < -0.4 is 9.46 Å². The summed E-state index contributed by atoms with van der Waals surface area (Å²) >= 11 is 0. The largest absolute Gasteiger partial charge is 0.497 e. The molecule has 2 aromatic rings. The van der Waals surface area contributed by atoms with Crippen molar-refractivity contribution in [2.24, 2.45) is 5.10 Å². The zero-order valence-corrected chi connectivity index (χ0v) is 18.0. The molecule has 1 heterocycles. The first-order chi connectivity index (χ1) is 13.6. The quantitative estimate of drug-likeness (QED) is 0.717. The fraction of sp³-hybridized carbons (Fsp3) is 0.316. The molecule has 1 unspecified atom stereocenters. The van der Waals surface area contributed by atoms with Crippen LogP contribution in [0, 0.1) is 0 Å². The van der Waals surface area contributed by atoms with Gasteiger partial charge in [-0.1, -0.05) is 24.3 Å². The number of anilines is 1. The van der Waals surface area contributed by atoms with E-state index in [-0.39, 0.29) is 5.75 Å². The van der Waals surface area contributed by atoms with E-state index in [1.54, 1.807) is 56.5 Å². The molecule has 8 nitrogen and oxygen atoms in total. The van der Waals surface area contributed by atoms with Crippen LogP contribution >= 0.6 is 0 Å². The van der Waals surface area contributed by atoms with E-state index in [2.05, 4.69) is 9.82 Å². The van der Waals surface area contributed by atoms with Gasteiger partial charge in [-0.2, -0.15) is 9.52 Å². The highest BCUT2D eigenvalue weighted by Gasteiger charge is 2.34. The molecule has 10 heteroatoms. The van der Waals surface area contributed by atoms with Crippen molar-refractivity contribution in [2.75, 3.05) is 23.8 Å². The van der Waals surface area contributed by atoms with Crippen LogP contribution in [-0.2, 0) is 20.0 Å². The Bertz CT molecular complexity index is 1130. The fourth-order valence-electron chi connectivity index (χ4n) is 3.05. The first kappa shape index (κ1) is 21.1. The summed E-state index contributed by atoms with van der Waals surface area (Å²) in [7, 11) is -5.39. The number of nitrogens with one attached hydrogen (secondary N) is 1. The molecule has 0 spiro atoms. The molecule has 156 valence electrons. The monoisotopic (exact) mass is 437 g/mol. The molecule has 0 fully saturated rings. The lowest BCUT2D eigenvalue weighted by Gasteiger charge is -2.21. The standard InChI is InChI=1S/C19H23N3O5S2/c1-4-29(25,26)21-16-10-8-14(9-11-16)18-13-19(22(20-18)28(3,23)24)15-6-5-7-17(12-15)27-2/h5-12,19,21H,4,13H2,1-3H3. The van der Waals surface area contributed by atoms with E-state index in [9.17, 15) is 16.8 Å². The number of hydrogen-bond acceptors (Lipinski definition) is 6. The Morgan fingerprint density at radius 3 is 2.41 bits per heavy atom. The van der Waals surface area contributed by atoms with E-state index in [0.717, 1.165) is 21.8 Å². The molecule has 0 radical (unpaired) electrons. The molecule has 1 atom stereocenters. The maximum Gasteiger partial charge on any atom is 0.247 e.